The van der Waals surface area contributed by atoms with Crippen LogP contribution in [0.1, 0.15) is 44.1 Å². The molecular weight excluding hydrogens is 262 g/mol. The molecule has 0 bridgehead atoms. The molecule has 114 valence electrons. The highest BCUT2D eigenvalue weighted by molar-refractivity contribution is 5.76. The van der Waals surface area contributed by atoms with Crippen molar-refractivity contribution in [3.63, 3.8) is 0 Å². The number of carbonyl (C=O) groups is 1. The zero-order valence-electron chi connectivity index (χ0n) is 13.1. The average Bonchev–Trinajstić information content (AvgIpc) is 2.66. The smallest absolute Gasteiger partial charge is 0.222 e. The molecule has 2 fully saturated rings. The van der Waals surface area contributed by atoms with Gasteiger partial charge in [0.05, 0.1) is 7.11 Å². The van der Waals surface area contributed by atoms with Gasteiger partial charge in [0, 0.05) is 25.4 Å². The molecule has 1 aromatic rings. The summed E-state index contributed by atoms with van der Waals surface area (Å²) >= 11 is 0. The highest BCUT2D eigenvalue weighted by Crippen LogP contribution is 2.49. The molecule has 2 aliphatic rings. The Hall–Kier alpha value is -1.51. The summed E-state index contributed by atoms with van der Waals surface area (Å²) in [6.07, 6.45) is 6.64. The number of ether oxygens (including phenoxy) is 1. The van der Waals surface area contributed by atoms with Crippen LogP contribution in [0.2, 0.25) is 0 Å². The van der Waals surface area contributed by atoms with Crippen LogP contribution in [0.3, 0.4) is 0 Å². The molecule has 1 aromatic carbocycles. The van der Waals surface area contributed by atoms with Gasteiger partial charge in [0.25, 0.3) is 0 Å². The normalized spacial score (nSPS) is 29.7. The molecule has 1 aliphatic carbocycles. The van der Waals surface area contributed by atoms with Gasteiger partial charge >= 0.3 is 0 Å². The monoisotopic (exact) mass is 287 g/mol. The first-order chi connectivity index (χ1) is 10.2. The van der Waals surface area contributed by atoms with Gasteiger partial charge in [-0.25, -0.2) is 0 Å². The Morgan fingerprint density at radius 1 is 1.29 bits per heavy atom. The second-order valence-electron chi connectivity index (χ2n) is 6.61. The van der Waals surface area contributed by atoms with Gasteiger partial charge in [0.1, 0.15) is 5.75 Å². The van der Waals surface area contributed by atoms with E-state index in [4.69, 9.17) is 4.74 Å². The highest BCUT2D eigenvalue weighted by Gasteiger charge is 2.44. The Kier molecular flexibility index (Phi) is 3.92. The van der Waals surface area contributed by atoms with E-state index in [-0.39, 0.29) is 5.41 Å². The number of hydrogen-bond acceptors (Lipinski definition) is 2. The van der Waals surface area contributed by atoms with E-state index < -0.39 is 0 Å². The Morgan fingerprint density at radius 2 is 2.14 bits per heavy atom. The van der Waals surface area contributed by atoms with E-state index in [1.54, 1.807) is 7.11 Å². The van der Waals surface area contributed by atoms with Crippen molar-refractivity contribution in [1.82, 2.24) is 4.90 Å². The lowest BCUT2D eigenvalue weighted by molar-refractivity contribution is -0.129. The fourth-order valence-electron chi connectivity index (χ4n) is 4.32. The van der Waals surface area contributed by atoms with Crippen molar-refractivity contribution in [2.45, 2.75) is 43.9 Å². The van der Waals surface area contributed by atoms with E-state index in [9.17, 15) is 4.79 Å². The molecule has 1 saturated heterocycles. The molecule has 1 saturated carbocycles. The quantitative estimate of drug-likeness (QED) is 0.834. The Morgan fingerprint density at radius 3 is 2.95 bits per heavy atom. The zero-order chi connectivity index (χ0) is 14.9. The number of carbonyl (C=O) groups excluding carboxylic acids is 1. The van der Waals surface area contributed by atoms with Gasteiger partial charge in [0.2, 0.25) is 5.91 Å². The van der Waals surface area contributed by atoms with Crippen LogP contribution in [0.15, 0.2) is 24.3 Å². The molecule has 21 heavy (non-hydrogen) atoms. The average molecular weight is 287 g/mol. The summed E-state index contributed by atoms with van der Waals surface area (Å²) in [6.45, 7) is 0.899. The molecule has 0 radical (unpaired) electrons. The van der Waals surface area contributed by atoms with Crippen LogP contribution in [0.5, 0.6) is 5.75 Å². The molecular formula is C18H25NO2. The van der Waals surface area contributed by atoms with E-state index >= 15 is 0 Å². The highest BCUT2D eigenvalue weighted by atomic mass is 16.5. The standard InChI is InChI=1S/C18H25NO2/c1-19-13-15-6-3-4-10-18(15,11-9-17(19)20)14-7-5-8-16(12-14)21-2/h5,7-8,12,15H,3-4,6,9-11,13H2,1-2H3. The van der Waals surface area contributed by atoms with Crippen LogP contribution in [-0.2, 0) is 10.2 Å². The summed E-state index contributed by atoms with van der Waals surface area (Å²) in [6, 6.07) is 8.52. The zero-order valence-corrected chi connectivity index (χ0v) is 13.1. The van der Waals surface area contributed by atoms with Crippen LogP contribution >= 0.6 is 0 Å². The molecule has 3 rings (SSSR count). The molecule has 1 heterocycles. The molecule has 1 aliphatic heterocycles. The third-order valence-electron chi connectivity index (χ3n) is 5.56. The molecule has 3 heteroatoms. The number of likely N-dealkylation sites (tertiary alicyclic amines) is 1. The molecule has 1 amide bonds. The van der Waals surface area contributed by atoms with Crippen LogP contribution < -0.4 is 4.74 Å². The van der Waals surface area contributed by atoms with E-state index in [2.05, 4.69) is 18.2 Å². The largest absolute Gasteiger partial charge is 0.497 e. The first-order valence-electron chi connectivity index (χ1n) is 8.04. The first-order valence-corrected chi connectivity index (χ1v) is 8.04. The van der Waals surface area contributed by atoms with Crippen LogP contribution in [0, 0.1) is 5.92 Å². The topological polar surface area (TPSA) is 29.5 Å². The molecule has 3 nitrogen and oxygen atoms in total. The summed E-state index contributed by atoms with van der Waals surface area (Å²) in [7, 11) is 3.68. The van der Waals surface area contributed by atoms with Crippen LogP contribution in [0.4, 0.5) is 0 Å². The predicted octanol–water partition coefficient (Wildman–Crippen LogP) is 3.38. The minimum absolute atomic E-state index is 0.160. The van der Waals surface area contributed by atoms with Gasteiger partial charge in [-0.15, -0.1) is 0 Å². The summed E-state index contributed by atoms with van der Waals surface area (Å²) in [4.78, 5) is 14.1. The van der Waals surface area contributed by atoms with Gasteiger partial charge in [0.15, 0.2) is 0 Å². The van der Waals surface area contributed by atoms with Crippen LogP contribution in [0.25, 0.3) is 0 Å². The number of benzene rings is 1. The number of methoxy groups -OCH3 is 1. The number of amides is 1. The fraction of sp³-hybridized carbons (Fsp3) is 0.611. The second-order valence-corrected chi connectivity index (χ2v) is 6.61. The number of nitrogens with zero attached hydrogens (tertiary/aromatic N) is 1. The molecule has 0 spiro atoms. The van der Waals surface area contributed by atoms with Gasteiger partial charge in [-0.1, -0.05) is 25.0 Å². The Labute approximate surface area is 127 Å². The predicted molar refractivity (Wildman–Crippen MR) is 83.5 cm³/mol. The van der Waals surface area contributed by atoms with Crippen molar-refractivity contribution in [2.24, 2.45) is 5.92 Å². The Balaban J connectivity index is 2.02. The lowest BCUT2D eigenvalue weighted by Crippen LogP contribution is -2.41. The second kappa shape index (κ2) is 5.70. The lowest BCUT2D eigenvalue weighted by atomic mass is 9.61. The van der Waals surface area contributed by atoms with Crippen molar-refractivity contribution < 1.29 is 9.53 Å². The molecule has 0 aromatic heterocycles. The van der Waals surface area contributed by atoms with E-state index in [0.717, 1.165) is 18.7 Å². The summed E-state index contributed by atoms with van der Waals surface area (Å²) in [5, 5.41) is 0. The summed E-state index contributed by atoms with van der Waals surface area (Å²) < 4.78 is 5.42. The van der Waals surface area contributed by atoms with Crippen molar-refractivity contribution in [1.29, 1.82) is 0 Å². The minimum Gasteiger partial charge on any atom is -0.497 e. The lowest BCUT2D eigenvalue weighted by Gasteiger charge is -2.44. The van der Waals surface area contributed by atoms with Crippen molar-refractivity contribution in [3.05, 3.63) is 29.8 Å². The van der Waals surface area contributed by atoms with E-state index in [1.165, 1.54) is 31.2 Å². The Bertz CT molecular complexity index is 528. The van der Waals surface area contributed by atoms with Crippen molar-refractivity contribution in [3.8, 4) is 5.75 Å². The maximum atomic E-state index is 12.2. The van der Waals surface area contributed by atoms with E-state index in [1.807, 2.05) is 18.0 Å². The van der Waals surface area contributed by atoms with Gasteiger partial charge in [-0.2, -0.15) is 0 Å². The maximum absolute atomic E-state index is 12.2. The maximum Gasteiger partial charge on any atom is 0.222 e. The summed E-state index contributed by atoms with van der Waals surface area (Å²) in [5.41, 5.74) is 1.53. The number of fused-ring (bicyclic) bond motifs is 1. The molecule has 2 unspecified atom stereocenters. The SMILES string of the molecule is COc1cccc(C23CCCCC2CN(C)C(=O)CC3)c1. The van der Waals surface area contributed by atoms with E-state index in [0.29, 0.717) is 18.2 Å². The molecule has 2 atom stereocenters. The van der Waals surface area contributed by atoms with Gasteiger partial charge < -0.3 is 9.64 Å². The number of hydrogen-bond donors (Lipinski definition) is 0. The van der Waals surface area contributed by atoms with Crippen LogP contribution in [-0.4, -0.2) is 31.5 Å². The van der Waals surface area contributed by atoms with Gasteiger partial charge in [-0.3, -0.25) is 4.79 Å². The first kappa shape index (κ1) is 14.4. The fourth-order valence-corrected chi connectivity index (χ4v) is 4.32. The third-order valence-corrected chi connectivity index (χ3v) is 5.56. The van der Waals surface area contributed by atoms with Crippen molar-refractivity contribution >= 4 is 5.91 Å². The van der Waals surface area contributed by atoms with Crippen molar-refractivity contribution in [2.75, 3.05) is 20.7 Å². The summed E-state index contributed by atoms with van der Waals surface area (Å²) in [5.74, 6) is 1.80. The molecule has 0 N–H and O–H groups in total. The van der Waals surface area contributed by atoms with Gasteiger partial charge in [-0.05, 0) is 42.9 Å². The number of rotatable bonds is 2. The third kappa shape index (κ3) is 2.54. The minimum atomic E-state index is 0.160.